The number of amides is 1. The molecule has 0 aliphatic heterocycles. The molecular formula is C15H19N5O3S. The second-order valence-corrected chi connectivity index (χ2v) is 5.97. The molecule has 2 aromatic rings. The Balaban J connectivity index is 1.80. The molecule has 1 aromatic carbocycles. The van der Waals surface area contributed by atoms with Crippen LogP contribution in [0.4, 0.5) is 0 Å². The molecule has 0 fully saturated rings. The van der Waals surface area contributed by atoms with Crippen molar-refractivity contribution in [2.75, 3.05) is 19.4 Å². The van der Waals surface area contributed by atoms with E-state index in [1.54, 1.807) is 4.68 Å². The first kappa shape index (κ1) is 17.9. The van der Waals surface area contributed by atoms with Crippen LogP contribution in [0.5, 0.6) is 0 Å². The molecule has 1 N–H and O–H groups in total. The molecule has 2 rings (SSSR count). The molecule has 0 atom stereocenters. The Labute approximate surface area is 144 Å². The summed E-state index contributed by atoms with van der Waals surface area (Å²) in [6, 6.07) is 7.78. The zero-order valence-corrected chi connectivity index (χ0v) is 14.4. The first-order valence-corrected chi connectivity index (χ1v) is 8.40. The molecule has 24 heavy (non-hydrogen) atoms. The van der Waals surface area contributed by atoms with Crippen molar-refractivity contribution in [1.82, 2.24) is 25.5 Å². The van der Waals surface area contributed by atoms with Crippen LogP contribution in [0.25, 0.3) is 5.69 Å². The van der Waals surface area contributed by atoms with Crippen molar-refractivity contribution in [3.05, 3.63) is 29.8 Å². The SMILES string of the molecule is COC(=O)CCCNC(=O)CSc1nnnn1-c1ccc(C)cc1. The summed E-state index contributed by atoms with van der Waals surface area (Å²) in [6.45, 7) is 2.43. The molecule has 0 bridgehead atoms. The van der Waals surface area contributed by atoms with E-state index in [4.69, 9.17) is 0 Å². The Bertz CT molecular complexity index is 687. The number of carbonyl (C=O) groups excluding carboxylic acids is 2. The predicted molar refractivity (Wildman–Crippen MR) is 88.9 cm³/mol. The van der Waals surface area contributed by atoms with Crippen LogP contribution < -0.4 is 5.32 Å². The van der Waals surface area contributed by atoms with Gasteiger partial charge in [-0.05, 0) is 35.9 Å². The summed E-state index contributed by atoms with van der Waals surface area (Å²) in [4.78, 5) is 22.8. The van der Waals surface area contributed by atoms with E-state index in [9.17, 15) is 9.59 Å². The van der Waals surface area contributed by atoms with Gasteiger partial charge >= 0.3 is 5.97 Å². The Kier molecular flexibility index (Phi) is 6.74. The van der Waals surface area contributed by atoms with E-state index in [0.29, 0.717) is 18.1 Å². The third kappa shape index (κ3) is 5.34. The number of carbonyl (C=O) groups is 2. The third-order valence-corrected chi connectivity index (χ3v) is 4.08. The quantitative estimate of drug-likeness (QED) is 0.433. The minimum absolute atomic E-state index is 0.136. The average molecular weight is 349 g/mol. The molecule has 9 heteroatoms. The summed E-state index contributed by atoms with van der Waals surface area (Å²) in [7, 11) is 1.34. The molecule has 0 unspecified atom stereocenters. The Morgan fingerprint density at radius 1 is 1.29 bits per heavy atom. The molecule has 1 heterocycles. The molecule has 128 valence electrons. The monoisotopic (exact) mass is 349 g/mol. The Morgan fingerprint density at radius 2 is 2.04 bits per heavy atom. The lowest BCUT2D eigenvalue weighted by molar-refractivity contribution is -0.140. The maximum Gasteiger partial charge on any atom is 0.305 e. The number of hydrogen-bond acceptors (Lipinski definition) is 7. The number of rotatable bonds is 8. The molecule has 0 aliphatic rings. The van der Waals surface area contributed by atoms with Gasteiger partial charge < -0.3 is 10.1 Å². The lowest BCUT2D eigenvalue weighted by Crippen LogP contribution is -2.26. The summed E-state index contributed by atoms with van der Waals surface area (Å²) in [6.07, 6.45) is 0.833. The number of hydrogen-bond donors (Lipinski definition) is 1. The van der Waals surface area contributed by atoms with Crippen LogP contribution in [0, 0.1) is 6.92 Å². The summed E-state index contributed by atoms with van der Waals surface area (Å²) in [5.41, 5.74) is 1.99. The van der Waals surface area contributed by atoms with Crippen LogP contribution >= 0.6 is 11.8 Å². The zero-order chi connectivity index (χ0) is 17.4. The van der Waals surface area contributed by atoms with Crippen molar-refractivity contribution in [3.8, 4) is 5.69 Å². The average Bonchev–Trinajstić information content (AvgIpc) is 3.05. The van der Waals surface area contributed by atoms with Gasteiger partial charge in [-0.25, -0.2) is 0 Å². The number of nitrogens with zero attached hydrogens (tertiary/aromatic N) is 4. The fraction of sp³-hybridized carbons (Fsp3) is 0.400. The maximum absolute atomic E-state index is 11.8. The van der Waals surface area contributed by atoms with Gasteiger partial charge in [0.05, 0.1) is 18.6 Å². The Hall–Kier alpha value is -2.42. The molecule has 0 spiro atoms. The normalized spacial score (nSPS) is 10.4. The van der Waals surface area contributed by atoms with Gasteiger partial charge in [-0.2, -0.15) is 4.68 Å². The number of aryl methyl sites for hydroxylation is 1. The van der Waals surface area contributed by atoms with Gasteiger partial charge in [0.1, 0.15) is 0 Å². The summed E-state index contributed by atoms with van der Waals surface area (Å²) < 4.78 is 6.13. The van der Waals surface area contributed by atoms with Crippen LogP contribution in [0.2, 0.25) is 0 Å². The maximum atomic E-state index is 11.8. The van der Waals surface area contributed by atoms with Gasteiger partial charge in [0.2, 0.25) is 11.1 Å². The summed E-state index contributed by atoms with van der Waals surface area (Å²) >= 11 is 1.25. The number of aromatic nitrogens is 4. The van der Waals surface area contributed by atoms with Crippen molar-refractivity contribution >= 4 is 23.6 Å². The predicted octanol–water partition coefficient (Wildman–Crippen LogP) is 1.13. The first-order chi connectivity index (χ1) is 11.6. The number of methoxy groups -OCH3 is 1. The van der Waals surface area contributed by atoms with Crippen LogP contribution in [0.15, 0.2) is 29.4 Å². The van der Waals surface area contributed by atoms with E-state index in [1.807, 2.05) is 31.2 Å². The highest BCUT2D eigenvalue weighted by molar-refractivity contribution is 7.99. The van der Waals surface area contributed by atoms with Gasteiger partial charge in [-0.3, -0.25) is 9.59 Å². The minimum atomic E-state index is -0.282. The van der Waals surface area contributed by atoms with E-state index in [-0.39, 0.29) is 24.1 Å². The van der Waals surface area contributed by atoms with E-state index < -0.39 is 0 Å². The first-order valence-electron chi connectivity index (χ1n) is 7.42. The standard InChI is InChI=1S/C15H19N5O3S/c1-11-5-7-12(8-6-11)20-15(17-18-19-20)24-10-13(21)16-9-3-4-14(22)23-2/h5-8H,3-4,9-10H2,1-2H3,(H,16,21). The highest BCUT2D eigenvalue weighted by atomic mass is 32.2. The molecule has 0 radical (unpaired) electrons. The molecule has 1 aromatic heterocycles. The highest BCUT2D eigenvalue weighted by Gasteiger charge is 2.11. The van der Waals surface area contributed by atoms with Gasteiger partial charge in [-0.1, -0.05) is 29.5 Å². The van der Waals surface area contributed by atoms with E-state index in [1.165, 1.54) is 18.9 Å². The van der Waals surface area contributed by atoms with Crippen LogP contribution in [-0.4, -0.2) is 51.5 Å². The molecule has 0 aliphatic carbocycles. The lowest BCUT2D eigenvalue weighted by Gasteiger charge is -2.06. The van der Waals surface area contributed by atoms with Crippen LogP contribution in [0.3, 0.4) is 0 Å². The largest absolute Gasteiger partial charge is 0.469 e. The second kappa shape index (κ2) is 9.02. The van der Waals surface area contributed by atoms with Gasteiger partial charge in [0.15, 0.2) is 0 Å². The fourth-order valence-electron chi connectivity index (χ4n) is 1.86. The third-order valence-electron chi connectivity index (χ3n) is 3.16. The van der Waals surface area contributed by atoms with Crippen LogP contribution in [-0.2, 0) is 14.3 Å². The van der Waals surface area contributed by atoms with Gasteiger partial charge in [-0.15, -0.1) is 5.10 Å². The molecule has 0 saturated carbocycles. The minimum Gasteiger partial charge on any atom is -0.469 e. The van der Waals surface area contributed by atoms with Crippen molar-refractivity contribution in [2.24, 2.45) is 0 Å². The number of tetrazole rings is 1. The zero-order valence-electron chi connectivity index (χ0n) is 13.6. The highest BCUT2D eigenvalue weighted by Crippen LogP contribution is 2.18. The number of thioether (sulfide) groups is 1. The lowest BCUT2D eigenvalue weighted by atomic mass is 10.2. The fourth-order valence-corrected chi connectivity index (χ4v) is 2.58. The van der Waals surface area contributed by atoms with Crippen LogP contribution in [0.1, 0.15) is 18.4 Å². The topological polar surface area (TPSA) is 99.0 Å². The Morgan fingerprint density at radius 3 is 2.75 bits per heavy atom. The van der Waals surface area contributed by atoms with Gasteiger partial charge in [0, 0.05) is 13.0 Å². The van der Waals surface area contributed by atoms with Crippen molar-refractivity contribution < 1.29 is 14.3 Å². The molecular weight excluding hydrogens is 330 g/mol. The van der Waals surface area contributed by atoms with E-state index in [2.05, 4.69) is 25.6 Å². The molecule has 1 amide bonds. The molecule has 0 saturated heterocycles. The van der Waals surface area contributed by atoms with E-state index >= 15 is 0 Å². The summed E-state index contributed by atoms with van der Waals surface area (Å²) in [5.74, 6) is -0.219. The number of benzene rings is 1. The number of nitrogens with one attached hydrogen (secondary N) is 1. The van der Waals surface area contributed by atoms with Crippen molar-refractivity contribution in [2.45, 2.75) is 24.9 Å². The van der Waals surface area contributed by atoms with Crippen molar-refractivity contribution in [3.63, 3.8) is 0 Å². The second-order valence-electron chi connectivity index (χ2n) is 5.03. The van der Waals surface area contributed by atoms with E-state index in [0.717, 1.165) is 11.3 Å². The number of esters is 1. The van der Waals surface area contributed by atoms with Gasteiger partial charge in [0.25, 0.3) is 0 Å². The number of ether oxygens (including phenoxy) is 1. The molecule has 8 nitrogen and oxygen atoms in total. The smallest absolute Gasteiger partial charge is 0.305 e. The van der Waals surface area contributed by atoms with Crippen molar-refractivity contribution in [1.29, 1.82) is 0 Å². The summed E-state index contributed by atoms with van der Waals surface area (Å²) in [5, 5.41) is 14.8.